The van der Waals surface area contributed by atoms with E-state index < -0.39 is 0 Å². The zero-order valence-electron chi connectivity index (χ0n) is 9.74. The maximum atomic E-state index is 8.60. The van der Waals surface area contributed by atoms with Gasteiger partial charge in [0.25, 0.3) is 0 Å². The lowest BCUT2D eigenvalue weighted by Crippen LogP contribution is -2.38. The zero-order valence-corrected chi connectivity index (χ0v) is 9.74. The average molecular weight is 227 g/mol. The molecule has 0 spiro atoms. The van der Waals surface area contributed by atoms with Crippen molar-refractivity contribution in [3.8, 4) is 0 Å². The molecule has 0 unspecified atom stereocenters. The number of aryl methyl sites for hydroxylation is 1. The van der Waals surface area contributed by atoms with Gasteiger partial charge in [-0.25, -0.2) is 0 Å². The molecule has 0 amide bonds. The molecule has 1 heterocycles. The lowest BCUT2D eigenvalue weighted by Gasteiger charge is -2.01. The second-order valence-electron chi connectivity index (χ2n) is 3.98. The van der Waals surface area contributed by atoms with Crippen LogP contribution in [0.5, 0.6) is 0 Å². The third-order valence-electron chi connectivity index (χ3n) is 2.64. The van der Waals surface area contributed by atoms with E-state index in [0.29, 0.717) is 0 Å². The monoisotopic (exact) mass is 227 g/mol. The van der Waals surface area contributed by atoms with Gasteiger partial charge in [-0.2, -0.15) is 4.57 Å². The Morgan fingerprint density at radius 1 is 1.18 bits per heavy atom. The van der Waals surface area contributed by atoms with E-state index in [0.717, 1.165) is 12.2 Å². The largest absolute Gasteiger partial charge is 0.411 e. The molecule has 0 aliphatic rings. The number of oxime groups is 1. The Bertz CT molecular complexity index is 518. The maximum absolute atomic E-state index is 8.60. The van der Waals surface area contributed by atoms with Gasteiger partial charge in [0.15, 0.2) is 12.7 Å². The minimum absolute atomic E-state index is 0.766. The number of aromatic nitrogens is 1. The third-order valence-corrected chi connectivity index (χ3v) is 2.64. The lowest BCUT2D eigenvalue weighted by atomic mass is 10.1. The van der Waals surface area contributed by atoms with Gasteiger partial charge in [-0.1, -0.05) is 35.0 Å². The third kappa shape index (κ3) is 2.91. The first kappa shape index (κ1) is 11.3. The molecular formula is C14H15N2O+. The summed E-state index contributed by atoms with van der Waals surface area (Å²) in [6.07, 6.45) is 3.41. The Labute approximate surface area is 101 Å². The quantitative estimate of drug-likeness (QED) is 0.371. The Hall–Kier alpha value is -2.16. The molecule has 0 aliphatic heterocycles. The van der Waals surface area contributed by atoms with Gasteiger partial charge >= 0.3 is 0 Å². The summed E-state index contributed by atoms with van der Waals surface area (Å²) in [4.78, 5) is 0. The number of rotatable bonds is 3. The van der Waals surface area contributed by atoms with Crippen molar-refractivity contribution in [2.45, 2.75) is 13.5 Å². The van der Waals surface area contributed by atoms with Crippen LogP contribution in [-0.2, 0) is 6.54 Å². The van der Waals surface area contributed by atoms with Crippen molar-refractivity contribution in [3.05, 3.63) is 65.5 Å². The molecule has 0 aliphatic carbocycles. The predicted octanol–water partition coefficient (Wildman–Crippen LogP) is 2.14. The van der Waals surface area contributed by atoms with Gasteiger partial charge in [0.2, 0.25) is 5.69 Å². The van der Waals surface area contributed by atoms with Gasteiger partial charge in [0, 0.05) is 17.7 Å². The highest BCUT2D eigenvalue weighted by molar-refractivity contribution is 5.74. The second-order valence-corrected chi connectivity index (χ2v) is 3.98. The van der Waals surface area contributed by atoms with Gasteiger partial charge in [0.05, 0.1) is 0 Å². The molecule has 86 valence electrons. The molecule has 17 heavy (non-hydrogen) atoms. The van der Waals surface area contributed by atoms with E-state index in [1.807, 2.05) is 29.0 Å². The molecule has 1 aromatic heterocycles. The average Bonchev–Trinajstić information content (AvgIpc) is 2.35. The highest BCUT2D eigenvalue weighted by Gasteiger charge is 2.07. The smallest absolute Gasteiger partial charge is 0.227 e. The van der Waals surface area contributed by atoms with Crippen molar-refractivity contribution >= 4 is 6.21 Å². The molecule has 2 aromatic rings. The summed E-state index contributed by atoms with van der Waals surface area (Å²) in [5.74, 6) is 0. The number of hydrogen-bond donors (Lipinski definition) is 1. The molecule has 1 aromatic carbocycles. The van der Waals surface area contributed by atoms with E-state index >= 15 is 0 Å². The van der Waals surface area contributed by atoms with E-state index in [2.05, 4.69) is 36.3 Å². The summed E-state index contributed by atoms with van der Waals surface area (Å²) in [5.41, 5.74) is 3.35. The van der Waals surface area contributed by atoms with Crippen LogP contribution in [0.1, 0.15) is 16.8 Å². The number of benzene rings is 1. The van der Waals surface area contributed by atoms with Crippen LogP contribution in [0.15, 0.2) is 53.8 Å². The van der Waals surface area contributed by atoms with E-state index in [1.165, 1.54) is 17.3 Å². The van der Waals surface area contributed by atoms with Gasteiger partial charge in [0.1, 0.15) is 6.21 Å². The van der Waals surface area contributed by atoms with Crippen LogP contribution in [0.4, 0.5) is 0 Å². The first-order valence-corrected chi connectivity index (χ1v) is 5.51. The SMILES string of the molecule is Cc1ccc(C[n+]2ccccc2C=NO)cc1. The highest BCUT2D eigenvalue weighted by Crippen LogP contribution is 2.02. The molecule has 0 fully saturated rings. The van der Waals surface area contributed by atoms with Crippen LogP contribution in [0.2, 0.25) is 0 Å². The second kappa shape index (κ2) is 5.25. The van der Waals surface area contributed by atoms with Crippen molar-refractivity contribution < 1.29 is 9.77 Å². The van der Waals surface area contributed by atoms with Crippen LogP contribution in [0.3, 0.4) is 0 Å². The van der Waals surface area contributed by atoms with Crippen LogP contribution in [-0.4, -0.2) is 11.4 Å². The summed E-state index contributed by atoms with van der Waals surface area (Å²) in [6, 6.07) is 14.2. The molecule has 0 saturated heterocycles. The standard InChI is InChI=1S/C14H14N2O/c1-12-5-7-13(8-6-12)11-16-9-3-2-4-14(16)10-15-17/h2-10H,11H2,1H3/p+1. The van der Waals surface area contributed by atoms with Crippen molar-refractivity contribution in [2.24, 2.45) is 5.16 Å². The van der Waals surface area contributed by atoms with Crippen molar-refractivity contribution in [1.82, 2.24) is 0 Å². The predicted molar refractivity (Wildman–Crippen MR) is 66.3 cm³/mol. The molecule has 3 nitrogen and oxygen atoms in total. The molecule has 0 atom stereocenters. The van der Waals surface area contributed by atoms with Crippen molar-refractivity contribution in [1.29, 1.82) is 0 Å². The summed E-state index contributed by atoms with van der Waals surface area (Å²) in [5, 5.41) is 11.7. The minimum atomic E-state index is 0.766. The molecule has 0 radical (unpaired) electrons. The van der Waals surface area contributed by atoms with Gasteiger partial charge < -0.3 is 5.21 Å². The molecule has 3 heteroatoms. The first-order valence-electron chi connectivity index (χ1n) is 5.51. The van der Waals surface area contributed by atoms with Gasteiger partial charge in [-0.3, -0.25) is 0 Å². The summed E-state index contributed by atoms with van der Waals surface area (Å²) < 4.78 is 2.03. The molecule has 0 bridgehead atoms. The van der Waals surface area contributed by atoms with E-state index in [1.54, 1.807) is 0 Å². The summed E-state index contributed by atoms with van der Waals surface area (Å²) in [7, 11) is 0. The minimum Gasteiger partial charge on any atom is -0.411 e. The number of pyridine rings is 1. The maximum Gasteiger partial charge on any atom is 0.227 e. The van der Waals surface area contributed by atoms with Crippen LogP contribution >= 0.6 is 0 Å². The number of hydrogen-bond acceptors (Lipinski definition) is 2. The zero-order chi connectivity index (χ0) is 12.1. The fourth-order valence-electron chi connectivity index (χ4n) is 1.70. The number of nitrogens with zero attached hydrogens (tertiary/aromatic N) is 2. The fourth-order valence-corrected chi connectivity index (χ4v) is 1.70. The van der Waals surface area contributed by atoms with Crippen molar-refractivity contribution in [2.75, 3.05) is 0 Å². The van der Waals surface area contributed by atoms with E-state index in [4.69, 9.17) is 5.21 Å². The lowest BCUT2D eigenvalue weighted by molar-refractivity contribution is -0.689. The fraction of sp³-hybridized carbons (Fsp3) is 0.143. The molecule has 0 saturated carbocycles. The Morgan fingerprint density at radius 3 is 2.65 bits per heavy atom. The van der Waals surface area contributed by atoms with E-state index in [9.17, 15) is 0 Å². The van der Waals surface area contributed by atoms with Crippen LogP contribution in [0.25, 0.3) is 0 Å². The highest BCUT2D eigenvalue weighted by atomic mass is 16.4. The molecular weight excluding hydrogens is 212 g/mol. The van der Waals surface area contributed by atoms with E-state index in [-0.39, 0.29) is 0 Å². The topological polar surface area (TPSA) is 36.5 Å². The molecule has 2 rings (SSSR count). The first-order chi connectivity index (χ1) is 8.29. The Morgan fingerprint density at radius 2 is 1.94 bits per heavy atom. The Kier molecular flexibility index (Phi) is 3.50. The summed E-state index contributed by atoms with van der Waals surface area (Å²) in [6.45, 7) is 2.84. The normalized spacial score (nSPS) is 10.9. The summed E-state index contributed by atoms with van der Waals surface area (Å²) >= 11 is 0. The Balaban J connectivity index is 2.26. The van der Waals surface area contributed by atoms with Crippen LogP contribution < -0.4 is 4.57 Å². The van der Waals surface area contributed by atoms with Crippen molar-refractivity contribution in [3.63, 3.8) is 0 Å². The molecule has 1 N–H and O–H groups in total. The van der Waals surface area contributed by atoms with Gasteiger partial charge in [-0.05, 0) is 13.0 Å². The van der Waals surface area contributed by atoms with Crippen LogP contribution in [0, 0.1) is 6.92 Å². The van der Waals surface area contributed by atoms with Gasteiger partial charge in [-0.15, -0.1) is 0 Å².